The molecule has 3 rings (SSSR count). The van der Waals surface area contributed by atoms with Crippen LogP contribution in [-0.2, 0) is 9.47 Å². The summed E-state index contributed by atoms with van der Waals surface area (Å²) in [6.07, 6.45) is -0.388. The highest BCUT2D eigenvalue weighted by Crippen LogP contribution is 2.34. The Morgan fingerprint density at radius 2 is 2.07 bits per heavy atom. The van der Waals surface area contributed by atoms with Gasteiger partial charge in [0.15, 0.2) is 5.79 Å². The van der Waals surface area contributed by atoms with E-state index in [2.05, 4.69) is 5.32 Å². The normalized spacial score (nSPS) is 18.8. The fraction of sp³-hybridized carbons (Fsp3) is 0.381. The second-order valence-corrected chi connectivity index (χ2v) is 8.62. The number of nitrogens with one attached hydrogen (secondary N) is 1. The predicted octanol–water partition coefficient (Wildman–Crippen LogP) is 4.72. The molecule has 0 spiro atoms. The van der Waals surface area contributed by atoms with Crippen LogP contribution in [0.1, 0.15) is 37.6 Å². The van der Waals surface area contributed by atoms with E-state index in [0.29, 0.717) is 16.6 Å². The topological polar surface area (TPSA) is 82.8 Å². The van der Waals surface area contributed by atoms with Crippen LogP contribution in [0.15, 0.2) is 30.3 Å². The van der Waals surface area contributed by atoms with Gasteiger partial charge < -0.3 is 25.3 Å². The highest BCUT2D eigenvalue weighted by Gasteiger charge is 2.38. The number of rotatable bonds is 7. The molecule has 0 aromatic heterocycles. The third-order valence-electron chi connectivity index (χ3n) is 4.64. The van der Waals surface area contributed by atoms with E-state index in [-0.39, 0.29) is 22.7 Å². The predicted molar refractivity (Wildman–Crippen MR) is 117 cm³/mol. The van der Waals surface area contributed by atoms with E-state index in [1.54, 1.807) is 19.9 Å². The quantitative estimate of drug-likeness (QED) is 0.505. The van der Waals surface area contributed by atoms with Crippen LogP contribution in [0.2, 0.25) is 0 Å². The number of carbonyl (C=O) groups is 1. The van der Waals surface area contributed by atoms with E-state index in [4.69, 9.17) is 19.9 Å². The number of benzene rings is 2. The lowest BCUT2D eigenvalue weighted by Crippen LogP contribution is -2.35. The molecule has 1 fully saturated rings. The Bertz CT molecular complexity index is 955. The van der Waals surface area contributed by atoms with Gasteiger partial charge in [-0.3, -0.25) is 4.79 Å². The monoisotopic (exact) mass is 532 g/mol. The third-order valence-corrected chi connectivity index (χ3v) is 5.31. The molecule has 162 valence electrons. The van der Waals surface area contributed by atoms with Crippen molar-refractivity contribution in [2.45, 2.75) is 45.2 Å². The third kappa shape index (κ3) is 5.19. The lowest BCUT2D eigenvalue weighted by atomic mass is 10.1. The van der Waals surface area contributed by atoms with Crippen molar-refractivity contribution in [3.8, 4) is 5.75 Å². The van der Waals surface area contributed by atoms with Gasteiger partial charge in [0.1, 0.15) is 35.2 Å². The SMILES string of the molecule is CCC(Oc1cc(F)cc(Nc2ccc(I)cc2F)c1C(N)=O)[C@@H]1COC(C)(C)O1. The number of hydrogen-bond acceptors (Lipinski definition) is 5. The van der Waals surface area contributed by atoms with E-state index in [9.17, 15) is 13.6 Å². The Balaban J connectivity index is 1.95. The van der Waals surface area contributed by atoms with Crippen LogP contribution in [-0.4, -0.2) is 30.5 Å². The number of nitrogens with two attached hydrogens (primary N) is 1. The maximum atomic E-state index is 14.4. The number of anilines is 2. The average molecular weight is 532 g/mol. The average Bonchev–Trinajstić information content (AvgIpc) is 3.01. The second-order valence-electron chi connectivity index (χ2n) is 7.37. The maximum absolute atomic E-state index is 14.4. The lowest BCUT2D eigenvalue weighted by molar-refractivity contribution is -0.149. The van der Waals surface area contributed by atoms with Crippen molar-refractivity contribution in [3.63, 3.8) is 0 Å². The Morgan fingerprint density at radius 3 is 2.63 bits per heavy atom. The van der Waals surface area contributed by atoms with Crippen LogP contribution in [0.5, 0.6) is 5.75 Å². The van der Waals surface area contributed by atoms with Gasteiger partial charge in [-0.25, -0.2) is 8.78 Å². The summed E-state index contributed by atoms with van der Waals surface area (Å²) < 4.78 is 46.7. The van der Waals surface area contributed by atoms with Gasteiger partial charge in [-0.05, 0) is 67.1 Å². The molecular formula is C21H23F2IN2O4. The number of hydrogen-bond donors (Lipinski definition) is 2. The van der Waals surface area contributed by atoms with Crippen molar-refractivity contribution in [2.75, 3.05) is 11.9 Å². The van der Waals surface area contributed by atoms with Gasteiger partial charge in [0, 0.05) is 9.64 Å². The molecule has 0 radical (unpaired) electrons. The highest BCUT2D eigenvalue weighted by molar-refractivity contribution is 14.1. The van der Waals surface area contributed by atoms with Crippen molar-refractivity contribution in [2.24, 2.45) is 5.73 Å². The standard InChI is InChI=1S/C21H23F2IN2O4/c1-4-16(18-10-28-21(2,3)30-18)29-17-8-11(22)7-15(19(17)20(25)27)26-14-6-5-12(24)9-13(14)23/h5-9,16,18,26H,4,10H2,1-3H3,(H2,25,27)/t16?,18-/m0/s1. The van der Waals surface area contributed by atoms with Crippen molar-refractivity contribution < 1.29 is 27.8 Å². The van der Waals surface area contributed by atoms with E-state index < -0.39 is 35.5 Å². The maximum Gasteiger partial charge on any atom is 0.254 e. The van der Waals surface area contributed by atoms with Crippen LogP contribution < -0.4 is 15.8 Å². The molecule has 1 aliphatic rings. The Labute approximate surface area is 187 Å². The molecule has 1 aliphatic heterocycles. The van der Waals surface area contributed by atoms with E-state index in [1.165, 1.54) is 12.1 Å². The molecule has 1 heterocycles. The molecule has 0 saturated carbocycles. The molecular weight excluding hydrogens is 509 g/mol. The van der Waals surface area contributed by atoms with Gasteiger partial charge in [0.2, 0.25) is 0 Å². The zero-order valence-electron chi connectivity index (χ0n) is 16.8. The van der Waals surface area contributed by atoms with Crippen molar-refractivity contribution in [1.82, 2.24) is 0 Å². The van der Waals surface area contributed by atoms with Gasteiger partial charge in [-0.1, -0.05) is 6.92 Å². The fourth-order valence-electron chi connectivity index (χ4n) is 3.25. The smallest absolute Gasteiger partial charge is 0.254 e. The van der Waals surface area contributed by atoms with Crippen LogP contribution in [0.4, 0.5) is 20.2 Å². The van der Waals surface area contributed by atoms with Gasteiger partial charge in [0.25, 0.3) is 5.91 Å². The van der Waals surface area contributed by atoms with Crippen molar-refractivity contribution in [1.29, 1.82) is 0 Å². The molecule has 1 unspecified atom stereocenters. The zero-order chi connectivity index (χ0) is 22.1. The molecule has 1 amide bonds. The van der Waals surface area contributed by atoms with Gasteiger partial charge in [-0.2, -0.15) is 0 Å². The molecule has 1 saturated heterocycles. The Kier molecular flexibility index (Phi) is 6.83. The summed E-state index contributed by atoms with van der Waals surface area (Å²) in [7, 11) is 0. The van der Waals surface area contributed by atoms with Gasteiger partial charge in [-0.15, -0.1) is 0 Å². The van der Waals surface area contributed by atoms with Gasteiger partial charge in [0.05, 0.1) is 18.0 Å². The molecule has 0 bridgehead atoms. The van der Waals surface area contributed by atoms with Gasteiger partial charge >= 0.3 is 0 Å². The first-order valence-corrected chi connectivity index (χ1v) is 10.5. The minimum atomic E-state index is -0.836. The summed E-state index contributed by atoms with van der Waals surface area (Å²) in [5, 5.41) is 2.75. The van der Waals surface area contributed by atoms with Crippen molar-refractivity contribution in [3.05, 3.63) is 51.1 Å². The number of amides is 1. The van der Waals surface area contributed by atoms with Crippen LogP contribution in [0, 0.1) is 15.2 Å². The summed E-state index contributed by atoms with van der Waals surface area (Å²) in [6, 6.07) is 6.64. The Morgan fingerprint density at radius 1 is 1.33 bits per heavy atom. The zero-order valence-corrected chi connectivity index (χ0v) is 19.0. The molecule has 0 aliphatic carbocycles. The second kappa shape index (κ2) is 9.03. The van der Waals surface area contributed by atoms with Crippen LogP contribution in [0.3, 0.4) is 0 Å². The first kappa shape index (κ1) is 22.7. The minimum absolute atomic E-state index is 0.0105. The summed E-state index contributed by atoms with van der Waals surface area (Å²) in [5.41, 5.74) is 5.57. The number of primary amides is 1. The number of ether oxygens (including phenoxy) is 3. The molecule has 2 aromatic rings. The van der Waals surface area contributed by atoms with E-state index in [1.807, 2.05) is 29.5 Å². The molecule has 9 heteroatoms. The molecule has 30 heavy (non-hydrogen) atoms. The molecule has 6 nitrogen and oxygen atoms in total. The minimum Gasteiger partial charge on any atom is -0.487 e. The summed E-state index contributed by atoms with van der Waals surface area (Å²) in [6.45, 7) is 5.75. The van der Waals surface area contributed by atoms with E-state index >= 15 is 0 Å². The molecule has 3 N–H and O–H groups in total. The lowest BCUT2D eigenvalue weighted by Gasteiger charge is -2.25. The Hall–Kier alpha value is -1.98. The highest BCUT2D eigenvalue weighted by atomic mass is 127. The molecule has 2 atom stereocenters. The molecule has 2 aromatic carbocycles. The fourth-order valence-corrected chi connectivity index (χ4v) is 3.70. The first-order chi connectivity index (χ1) is 14.1. The summed E-state index contributed by atoms with van der Waals surface area (Å²) in [5.74, 6) is -2.85. The van der Waals surface area contributed by atoms with Crippen molar-refractivity contribution >= 4 is 39.9 Å². The summed E-state index contributed by atoms with van der Waals surface area (Å²) in [4.78, 5) is 12.2. The number of halogens is 3. The van der Waals surface area contributed by atoms with Crippen LogP contribution in [0.25, 0.3) is 0 Å². The number of carbonyl (C=O) groups excluding carboxylic acids is 1. The first-order valence-electron chi connectivity index (χ1n) is 9.43. The van der Waals surface area contributed by atoms with E-state index in [0.717, 1.165) is 12.1 Å². The summed E-state index contributed by atoms with van der Waals surface area (Å²) >= 11 is 1.98. The van der Waals surface area contributed by atoms with Crippen LogP contribution >= 0.6 is 22.6 Å². The largest absolute Gasteiger partial charge is 0.487 e.